The first-order valence-corrected chi connectivity index (χ1v) is 12.0. The topological polar surface area (TPSA) is 112 Å². The Morgan fingerprint density at radius 2 is 2.06 bits per heavy atom. The van der Waals surface area contributed by atoms with Gasteiger partial charge in [-0.15, -0.1) is 11.3 Å². The maximum Gasteiger partial charge on any atom is 0.418 e. The molecule has 4 aliphatic rings. The van der Waals surface area contributed by atoms with Crippen molar-refractivity contribution in [3.63, 3.8) is 0 Å². The van der Waals surface area contributed by atoms with Crippen molar-refractivity contribution >= 4 is 34.5 Å². The van der Waals surface area contributed by atoms with E-state index in [-0.39, 0.29) is 34.8 Å². The summed E-state index contributed by atoms with van der Waals surface area (Å²) < 4.78 is 53.5. The van der Waals surface area contributed by atoms with Crippen LogP contribution >= 0.6 is 11.3 Å². The van der Waals surface area contributed by atoms with Crippen LogP contribution in [0.4, 0.5) is 24.0 Å². The van der Waals surface area contributed by atoms with Gasteiger partial charge in [-0.1, -0.05) is 6.07 Å². The maximum absolute atomic E-state index is 14.1. The summed E-state index contributed by atoms with van der Waals surface area (Å²) in [7, 11) is 0. The van der Waals surface area contributed by atoms with Gasteiger partial charge in [-0.05, 0) is 25.3 Å². The number of hydrogen-bond acceptors (Lipinski definition) is 8. The number of benzene rings is 1. The van der Waals surface area contributed by atoms with Crippen LogP contribution in [0.5, 0.6) is 0 Å². The van der Waals surface area contributed by atoms with Crippen molar-refractivity contribution < 1.29 is 37.3 Å². The molecule has 9 nitrogen and oxygen atoms in total. The van der Waals surface area contributed by atoms with Crippen molar-refractivity contribution in [3.05, 3.63) is 29.3 Å². The first kappa shape index (κ1) is 22.6. The number of nitrogens with zero attached hydrogens (tertiary/aromatic N) is 4. The fourth-order valence-corrected chi connectivity index (χ4v) is 5.51. The molecule has 2 aromatic heterocycles. The van der Waals surface area contributed by atoms with E-state index in [1.165, 1.54) is 28.4 Å². The third-order valence-electron chi connectivity index (χ3n) is 6.84. The molecule has 1 aromatic carbocycles. The van der Waals surface area contributed by atoms with Gasteiger partial charge in [-0.3, -0.25) is 4.90 Å². The number of amides is 1. The zero-order chi connectivity index (χ0) is 24.5. The van der Waals surface area contributed by atoms with E-state index in [1.807, 2.05) is 0 Å². The van der Waals surface area contributed by atoms with E-state index in [2.05, 4.69) is 9.97 Å². The van der Waals surface area contributed by atoms with Gasteiger partial charge in [0.15, 0.2) is 11.7 Å². The lowest BCUT2D eigenvalue weighted by Gasteiger charge is -2.54. The molecule has 5 heterocycles. The number of carboxylic acid groups (broad SMARTS) is 1. The number of piperazine rings is 1. The quantitative estimate of drug-likeness (QED) is 0.511. The number of piperidine rings is 1. The summed E-state index contributed by atoms with van der Waals surface area (Å²) in [4.78, 5) is 23.3. The van der Waals surface area contributed by atoms with Crippen LogP contribution in [-0.4, -0.2) is 74.7 Å². The molecule has 2 bridgehead atoms. The molecule has 1 amide bonds. The molecule has 4 fully saturated rings. The summed E-state index contributed by atoms with van der Waals surface area (Å²) in [6.07, 6.45) is -4.91. The summed E-state index contributed by atoms with van der Waals surface area (Å²) in [6, 6.07) is 2.53. The number of ether oxygens (including phenoxy) is 1. The molecule has 3 saturated heterocycles. The first-order chi connectivity index (χ1) is 16.6. The second-order valence-corrected chi connectivity index (χ2v) is 10.2. The van der Waals surface area contributed by atoms with Crippen molar-refractivity contribution in [3.8, 4) is 10.6 Å². The van der Waals surface area contributed by atoms with Crippen LogP contribution in [-0.2, 0) is 4.74 Å². The number of alkyl halides is 3. The molecule has 7 rings (SSSR count). The van der Waals surface area contributed by atoms with Crippen molar-refractivity contribution in [2.75, 3.05) is 24.6 Å². The Morgan fingerprint density at radius 3 is 2.66 bits per heavy atom. The van der Waals surface area contributed by atoms with E-state index in [4.69, 9.17) is 9.15 Å². The van der Waals surface area contributed by atoms with Gasteiger partial charge in [0.1, 0.15) is 10.5 Å². The van der Waals surface area contributed by atoms with Gasteiger partial charge in [0.2, 0.25) is 0 Å². The van der Waals surface area contributed by atoms with E-state index in [1.54, 1.807) is 16.5 Å². The average Bonchev–Trinajstić information content (AvgIpc) is 3.19. The normalized spacial score (nSPS) is 23.9. The van der Waals surface area contributed by atoms with Crippen molar-refractivity contribution in [2.45, 2.75) is 49.2 Å². The number of thiazole rings is 1. The Kier molecular flexibility index (Phi) is 5.03. The highest BCUT2D eigenvalue weighted by Crippen LogP contribution is 2.45. The minimum atomic E-state index is -4.74. The number of carbonyl (C=O) groups is 1. The molecule has 2 N–H and O–H groups in total. The Morgan fingerprint density at radius 1 is 1.31 bits per heavy atom. The zero-order valence-electron chi connectivity index (χ0n) is 18.2. The van der Waals surface area contributed by atoms with Gasteiger partial charge in [-0.2, -0.15) is 18.2 Å². The Bertz CT molecular complexity index is 1260. The van der Waals surface area contributed by atoms with Gasteiger partial charge < -0.3 is 24.3 Å². The third kappa shape index (κ3) is 3.91. The second kappa shape index (κ2) is 7.80. The molecule has 0 spiro atoms. The highest BCUT2D eigenvalue weighted by molar-refractivity contribution is 7.13. The maximum atomic E-state index is 14.1. The van der Waals surface area contributed by atoms with E-state index in [0.717, 1.165) is 6.42 Å². The molecule has 3 aromatic rings. The smallest absolute Gasteiger partial charge is 0.418 e. The highest BCUT2D eigenvalue weighted by Gasteiger charge is 2.50. The zero-order valence-corrected chi connectivity index (χ0v) is 19.1. The third-order valence-corrected chi connectivity index (χ3v) is 7.64. The lowest BCUT2D eigenvalue weighted by Crippen LogP contribution is -2.70. The SMILES string of the molecule is O=C(O)N1C2CC1CN(c1nc3c(C(OCC4(O)CC4)C(F)(F)F)ccc(-c4nccs4)c3o1)C2. The molecule has 3 unspecified atom stereocenters. The Hall–Kier alpha value is -2.90. The monoisotopic (exact) mass is 510 g/mol. The molecule has 3 aliphatic heterocycles. The fraction of sp³-hybridized carbons (Fsp3) is 0.500. The number of oxazole rings is 1. The summed E-state index contributed by atoms with van der Waals surface area (Å²) in [5.74, 6) is 0. The van der Waals surface area contributed by atoms with E-state index in [9.17, 15) is 28.2 Å². The van der Waals surface area contributed by atoms with Crippen molar-refractivity contribution in [2.24, 2.45) is 0 Å². The summed E-state index contributed by atoms with van der Waals surface area (Å²) in [6.45, 7) is 0.242. The Balaban J connectivity index is 1.41. The summed E-state index contributed by atoms with van der Waals surface area (Å²) >= 11 is 1.32. The van der Waals surface area contributed by atoms with Crippen LogP contribution in [0, 0.1) is 0 Å². The summed E-state index contributed by atoms with van der Waals surface area (Å²) in [5, 5.41) is 21.7. The molecule has 13 heteroatoms. The molecule has 35 heavy (non-hydrogen) atoms. The van der Waals surface area contributed by atoms with Gasteiger partial charge >= 0.3 is 12.3 Å². The molecule has 1 aliphatic carbocycles. The lowest BCUT2D eigenvalue weighted by atomic mass is 9.88. The average molecular weight is 510 g/mol. The number of aromatic nitrogens is 2. The summed E-state index contributed by atoms with van der Waals surface area (Å²) in [5.41, 5.74) is -0.754. The van der Waals surface area contributed by atoms with E-state index >= 15 is 0 Å². The van der Waals surface area contributed by atoms with Crippen LogP contribution < -0.4 is 4.90 Å². The minimum absolute atomic E-state index is 0.00662. The molecule has 3 atom stereocenters. The first-order valence-electron chi connectivity index (χ1n) is 11.1. The van der Waals surface area contributed by atoms with Gasteiger partial charge in [0, 0.05) is 30.2 Å². The van der Waals surface area contributed by atoms with Crippen LogP contribution in [0.15, 0.2) is 28.1 Å². The predicted octanol–water partition coefficient (Wildman–Crippen LogP) is 4.04. The molecule has 1 saturated carbocycles. The van der Waals surface area contributed by atoms with Gasteiger partial charge in [0.25, 0.3) is 6.01 Å². The lowest BCUT2D eigenvalue weighted by molar-refractivity contribution is -0.230. The number of halogens is 3. The van der Waals surface area contributed by atoms with Crippen LogP contribution in [0.3, 0.4) is 0 Å². The Labute approximate surface area is 200 Å². The van der Waals surface area contributed by atoms with Crippen molar-refractivity contribution in [1.29, 1.82) is 0 Å². The number of hydrogen-bond donors (Lipinski definition) is 2. The minimum Gasteiger partial charge on any atom is -0.465 e. The van der Waals surface area contributed by atoms with Crippen LogP contribution in [0.25, 0.3) is 21.7 Å². The van der Waals surface area contributed by atoms with E-state index in [0.29, 0.717) is 36.5 Å². The predicted molar refractivity (Wildman–Crippen MR) is 118 cm³/mol. The second-order valence-electron chi connectivity index (χ2n) is 9.31. The van der Waals surface area contributed by atoms with Gasteiger partial charge in [0.05, 0.1) is 29.9 Å². The molecule has 186 valence electrons. The molecular weight excluding hydrogens is 489 g/mol. The molecule has 0 radical (unpaired) electrons. The highest BCUT2D eigenvalue weighted by atomic mass is 32.1. The number of anilines is 1. The van der Waals surface area contributed by atoms with Crippen molar-refractivity contribution in [1.82, 2.24) is 14.9 Å². The largest absolute Gasteiger partial charge is 0.465 e. The van der Waals surface area contributed by atoms with E-state index < -0.39 is 30.6 Å². The molecular formula is C22H21F3N4O5S. The number of rotatable bonds is 6. The number of fused-ring (bicyclic) bond motifs is 3. The number of aliphatic hydroxyl groups is 1. The van der Waals surface area contributed by atoms with Crippen LogP contribution in [0.1, 0.15) is 30.9 Å². The fourth-order valence-electron chi connectivity index (χ4n) is 4.85. The van der Waals surface area contributed by atoms with Gasteiger partial charge in [-0.25, -0.2) is 9.78 Å². The standard InChI is InChI=1S/C22H21F3N4O5S/c23-22(24,25)17(33-10-21(32)3-4-21)13-1-2-14(18-26-5-6-35-18)16-15(13)27-19(34-16)28-8-11-7-12(9-28)29(11)20(30)31/h1-2,5-6,11-12,17,32H,3-4,7-10H2,(H,30,31). The van der Waals surface area contributed by atoms with Crippen LogP contribution in [0.2, 0.25) is 0 Å².